The molecule has 1 saturated heterocycles. The second-order valence-corrected chi connectivity index (χ2v) is 5.91. The zero-order valence-electron chi connectivity index (χ0n) is 11.4. The molecule has 0 radical (unpaired) electrons. The van der Waals surface area contributed by atoms with Crippen LogP contribution in [0.3, 0.4) is 0 Å². The molecule has 2 heteroatoms. The van der Waals surface area contributed by atoms with E-state index < -0.39 is 0 Å². The zero-order chi connectivity index (χ0) is 12.0. The number of hydrogen-bond donors (Lipinski definition) is 1. The molecular weight excluding hydrogens is 196 g/mol. The van der Waals surface area contributed by atoms with E-state index in [2.05, 4.69) is 25.8 Å². The van der Waals surface area contributed by atoms with Gasteiger partial charge in [-0.1, -0.05) is 26.7 Å². The van der Waals surface area contributed by atoms with Crippen LogP contribution < -0.4 is 5.73 Å². The first-order valence-electron chi connectivity index (χ1n) is 7.03. The molecule has 2 nitrogen and oxygen atoms in total. The summed E-state index contributed by atoms with van der Waals surface area (Å²) < 4.78 is 0. The summed E-state index contributed by atoms with van der Waals surface area (Å²) in [6.07, 6.45) is 8.15. The van der Waals surface area contributed by atoms with E-state index in [1.807, 2.05) is 0 Å². The summed E-state index contributed by atoms with van der Waals surface area (Å²) in [5, 5.41) is 0. The average molecular weight is 226 g/mol. The number of nitrogens with zero attached hydrogens (tertiary/aromatic N) is 1. The van der Waals surface area contributed by atoms with Gasteiger partial charge < -0.3 is 10.6 Å². The van der Waals surface area contributed by atoms with Gasteiger partial charge in [0.25, 0.3) is 0 Å². The standard InChI is InChI=1S/2C7H15N/c1-7-3-5-8(2)6-4-7;1-6-4-2-3-5-7(6)8/h7H,3-6H2,1-2H3;6-7H,2-5,8H2,1H3. The van der Waals surface area contributed by atoms with Crippen molar-refractivity contribution in [2.24, 2.45) is 17.6 Å². The lowest BCUT2D eigenvalue weighted by atomic mass is 9.87. The van der Waals surface area contributed by atoms with Crippen molar-refractivity contribution in [3.8, 4) is 0 Å². The highest BCUT2D eigenvalue weighted by Crippen LogP contribution is 2.21. The molecule has 0 amide bonds. The molecule has 1 saturated carbocycles. The normalized spacial score (nSPS) is 33.0. The molecule has 16 heavy (non-hydrogen) atoms. The molecule has 2 aliphatic rings. The third-order valence-electron chi connectivity index (χ3n) is 4.19. The third kappa shape index (κ3) is 5.31. The Bertz CT molecular complexity index is 154. The van der Waals surface area contributed by atoms with Crippen molar-refractivity contribution in [3.63, 3.8) is 0 Å². The lowest BCUT2D eigenvalue weighted by Gasteiger charge is -2.26. The molecule has 2 unspecified atom stereocenters. The quantitative estimate of drug-likeness (QED) is 0.688. The van der Waals surface area contributed by atoms with E-state index >= 15 is 0 Å². The van der Waals surface area contributed by atoms with E-state index in [9.17, 15) is 0 Å². The smallest absolute Gasteiger partial charge is 0.00645 e. The summed E-state index contributed by atoms with van der Waals surface area (Å²) in [5.41, 5.74) is 5.78. The van der Waals surface area contributed by atoms with E-state index in [4.69, 9.17) is 5.73 Å². The van der Waals surface area contributed by atoms with Gasteiger partial charge in [-0.3, -0.25) is 0 Å². The minimum absolute atomic E-state index is 0.503. The van der Waals surface area contributed by atoms with Crippen molar-refractivity contribution in [2.45, 2.75) is 58.4 Å². The Kier molecular flexibility index (Phi) is 6.37. The Morgan fingerprint density at radius 3 is 1.88 bits per heavy atom. The third-order valence-corrected chi connectivity index (χ3v) is 4.19. The Hall–Kier alpha value is -0.0800. The van der Waals surface area contributed by atoms with E-state index in [1.54, 1.807) is 0 Å². The maximum absolute atomic E-state index is 5.78. The van der Waals surface area contributed by atoms with E-state index in [0.717, 1.165) is 11.8 Å². The lowest BCUT2D eigenvalue weighted by Crippen LogP contribution is -2.30. The first-order valence-corrected chi connectivity index (χ1v) is 7.03. The maximum atomic E-state index is 5.78. The molecule has 0 aromatic rings. The number of likely N-dealkylation sites (tertiary alicyclic amines) is 1. The van der Waals surface area contributed by atoms with Gasteiger partial charge in [0.1, 0.15) is 0 Å². The van der Waals surface area contributed by atoms with Crippen LogP contribution >= 0.6 is 0 Å². The number of piperidine rings is 1. The lowest BCUT2D eigenvalue weighted by molar-refractivity contribution is 0.230. The molecule has 96 valence electrons. The van der Waals surface area contributed by atoms with E-state index in [-0.39, 0.29) is 0 Å². The van der Waals surface area contributed by atoms with Crippen molar-refractivity contribution >= 4 is 0 Å². The highest BCUT2D eigenvalue weighted by Gasteiger charge is 2.16. The molecule has 1 heterocycles. The summed E-state index contributed by atoms with van der Waals surface area (Å²) in [6.45, 7) is 7.21. The van der Waals surface area contributed by atoms with Gasteiger partial charge in [-0.05, 0) is 57.7 Å². The largest absolute Gasteiger partial charge is 0.327 e. The molecule has 1 aliphatic heterocycles. The summed E-state index contributed by atoms with van der Waals surface area (Å²) >= 11 is 0. The van der Waals surface area contributed by atoms with Crippen LogP contribution in [-0.2, 0) is 0 Å². The summed E-state index contributed by atoms with van der Waals surface area (Å²) in [5.74, 6) is 1.76. The molecule has 0 aromatic heterocycles. The molecule has 0 spiro atoms. The van der Waals surface area contributed by atoms with Gasteiger partial charge in [0.15, 0.2) is 0 Å². The minimum Gasteiger partial charge on any atom is -0.327 e. The van der Waals surface area contributed by atoms with Crippen molar-refractivity contribution in [3.05, 3.63) is 0 Å². The topological polar surface area (TPSA) is 29.3 Å². The Morgan fingerprint density at radius 2 is 1.50 bits per heavy atom. The number of hydrogen-bond acceptors (Lipinski definition) is 2. The fraction of sp³-hybridized carbons (Fsp3) is 1.00. The van der Waals surface area contributed by atoms with Gasteiger partial charge >= 0.3 is 0 Å². The van der Waals surface area contributed by atoms with Crippen LogP contribution in [0.5, 0.6) is 0 Å². The van der Waals surface area contributed by atoms with Crippen LogP contribution in [0.1, 0.15) is 52.4 Å². The van der Waals surface area contributed by atoms with Crippen LogP contribution in [0.15, 0.2) is 0 Å². The fourth-order valence-electron chi connectivity index (χ4n) is 2.48. The Balaban J connectivity index is 0.000000160. The van der Waals surface area contributed by atoms with Crippen molar-refractivity contribution in [1.82, 2.24) is 4.90 Å². The van der Waals surface area contributed by atoms with Crippen LogP contribution in [0.4, 0.5) is 0 Å². The van der Waals surface area contributed by atoms with Gasteiger partial charge in [-0.2, -0.15) is 0 Å². The zero-order valence-corrected chi connectivity index (χ0v) is 11.4. The highest BCUT2D eigenvalue weighted by atomic mass is 15.1. The SMILES string of the molecule is CC1CCCCC1N.CC1CCN(C)CC1. The van der Waals surface area contributed by atoms with Crippen molar-refractivity contribution in [2.75, 3.05) is 20.1 Å². The summed E-state index contributed by atoms with van der Waals surface area (Å²) in [7, 11) is 2.20. The molecule has 2 atom stereocenters. The van der Waals surface area contributed by atoms with Gasteiger partial charge in [-0.25, -0.2) is 0 Å². The van der Waals surface area contributed by atoms with Gasteiger partial charge in [0.2, 0.25) is 0 Å². The average Bonchev–Trinajstić information content (AvgIpc) is 2.28. The van der Waals surface area contributed by atoms with Crippen LogP contribution in [-0.4, -0.2) is 31.1 Å². The molecule has 0 aromatic carbocycles. The molecular formula is C14H30N2. The number of nitrogens with two attached hydrogens (primary N) is 1. The second-order valence-electron chi connectivity index (χ2n) is 5.91. The predicted octanol–water partition coefficient (Wildman–Crippen LogP) is 2.87. The first-order chi connectivity index (χ1) is 7.59. The molecule has 2 fully saturated rings. The maximum Gasteiger partial charge on any atom is 0.00645 e. The van der Waals surface area contributed by atoms with Crippen LogP contribution in [0.2, 0.25) is 0 Å². The van der Waals surface area contributed by atoms with E-state index in [0.29, 0.717) is 6.04 Å². The summed E-state index contributed by atoms with van der Waals surface area (Å²) in [6, 6.07) is 0.503. The minimum atomic E-state index is 0.503. The Labute approximate surface area is 102 Å². The van der Waals surface area contributed by atoms with E-state index in [1.165, 1.54) is 51.6 Å². The first kappa shape index (κ1) is 14.0. The highest BCUT2D eigenvalue weighted by molar-refractivity contribution is 4.73. The molecule has 2 rings (SSSR count). The number of rotatable bonds is 0. The summed E-state index contributed by atoms with van der Waals surface area (Å²) in [4.78, 5) is 2.40. The van der Waals surface area contributed by atoms with Gasteiger partial charge in [-0.15, -0.1) is 0 Å². The van der Waals surface area contributed by atoms with Crippen molar-refractivity contribution < 1.29 is 0 Å². The fourth-order valence-corrected chi connectivity index (χ4v) is 2.48. The van der Waals surface area contributed by atoms with Crippen LogP contribution in [0.25, 0.3) is 0 Å². The van der Waals surface area contributed by atoms with Crippen LogP contribution in [0, 0.1) is 11.8 Å². The molecule has 0 bridgehead atoms. The Morgan fingerprint density at radius 1 is 0.938 bits per heavy atom. The predicted molar refractivity (Wildman–Crippen MR) is 71.5 cm³/mol. The van der Waals surface area contributed by atoms with Crippen molar-refractivity contribution in [1.29, 1.82) is 0 Å². The molecule has 2 N–H and O–H groups in total. The van der Waals surface area contributed by atoms with Gasteiger partial charge in [0, 0.05) is 6.04 Å². The van der Waals surface area contributed by atoms with Gasteiger partial charge in [0.05, 0.1) is 0 Å². The second kappa shape index (κ2) is 7.29. The monoisotopic (exact) mass is 226 g/mol. The molecule has 1 aliphatic carbocycles.